The van der Waals surface area contributed by atoms with Crippen molar-refractivity contribution in [3.63, 3.8) is 0 Å². The summed E-state index contributed by atoms with van der Waals surface area (Å²) >= 11 is 8.31. The molecule has 26 heavy (non-hydrogen) atoms. The third kappa shape index (κ3) is 3.73. The molecule has 0 radical (unpaired) electrons. The Balaban J connectivity index is 1.91. The Morgan fingerprint density at radius 1 is 1.23 bits per heavy atom. The lowest BCUT2D eigenvalue weighted by Gasteiger charge is -2.19. The van der Waals surface area contributed by atoms with Crippen molar-refractivity contribution in [1.82, 2.24) is 0 Å². The summed E-state index contributed by atoms with van der Waals surface area (Å²) in [5.74, 6) is 0. The van der Waals surface area contributed by atoms with Gasteiger partial charge in [-0.15, -0.1) is 0 Å². The van der Waals surface area contributed by atoms with Crippen LogP contribution >= 0.6 is 23.4 Å². The van der Waals surface area contributed by atoms with Crippen LogP contribution in [0.5, 0.6) is 0 Å². The highest BCUT2D eigenvalue weighted by Gasteiger charge is 2.23. The Morgan fingerprint density at radius 3 is 2.73 bits per heavy atom. The van der Waals surface area contributed by atoms with Crippen molar-refractivity contribution in [2.45, 2.75) is 31.1 Å². The minimum atomic E-state index is 0.0942. The van der Waals surface area contributed by atoms with Crippen molar-refractivity contribution < 1.29 is 0 Å². The fraction of sp³-hybridized carbons (Fsp3) is 0.238. The molecule has 0 saturated heterocycles. The number of fused-ring (bicyclic) bond motifs is 1. The molecular weight excluding hydrogens is 362 g/mol. The normalized spacial score (nSPS) is 19.3. The van der Waals surface area contributed by atoms with Crippen LogP contribution in [0.25, 0.3) is 0 Å². The number of anilines is 1. The number of para-hydroxylation sites is 1. The highest BCUT2D eigenvalue weighted by molar-refractivity contribution is 8.03. The maximum absolute atomic E-state index is 8.96. The average molecular weight is 380 g/mol. The zero-order valence-corrected chi connectivity index (χ0v) is 16.1. The molecule has 0 spiro atoms. The summed E-state index contributed by atoms with van der Waals surface area (Å²) in [6, 6.07) is 12.2. The van der Waals surface area contributed by atoms with Gasteiger partial charge in [0.25, 0.3) is 0 Å². The quantitative estimate of drug-likeness (QED) is 0.601. The number of rotatable bonds is 3. The lowest BCUT2D eigenvalue weighted by molar-refractivity contribution is 0.791. The Labute approximate surface area is 163 Å². The van der Waals surface area contributed by atoms with Gasteiger partial charge in [0.05, 0.1) is 10.7 Å². The molecule has 0 amide bonds. The smallest absolute Gasteiger partial charge is 0.129 e. The fourth-order valence-corrected chi connectivity index (χ4v) is 4.56. The molecule has 0 saturated carbocycles. The Morgan fingerprint density at radius 2 is 2.00 bits per heavy atom. The molecule has 130 valence electrons. The minimum absolute atomic E-state index is 0.0942. The Kier molecular flexibility index (Phi) is 5.89. The van der Waals surface area contributed by atoms with E-state index in [1.54, 1.807) is 17.8 Å². The third-order valence-corrected chi connectivity index (χ3v) is 6.01. The van der Waals surface area contributed by atoms with Crippen LogP contribution in [0, 0.1) is 22.7 Å². The van der Waals surface area contributed by atoms with E-state index in [1.165, 1.54) is 15.6 Å². The van der Waals surface area contributed by atoms with Crippen LogP contribution < -0.4 is 4.90 Å². The molecule has 5 heteroatoms. The molecule has 2 aliphatic rings. The van der Waals surface area contributed by atoms with Gasteiger partial charge in [-0.3, -0.25) is 0 Å². The van der Waals surface area contributed by atoms with E-state index < -0.39 is 0 Å². The topological polar surface area (TPSA) is 50.8 Å². The van der Waals surface area contributed by atoms with Gasteiger partial charge in [0.2, 0.25) is 0 Å². The second-order valence-electron chi connectivity index (χ2n) is 5.99. The molecule has 0 aromatic heterocycles. The highest BCUT2D eigenvalue weighted by atomic mass is 35.5. The van der Waals surface area contributed by atoms with Gasteiger partial charge < -0.3 is 4.90 Å². The summed E-state index contributed by atoms with van der Waals surface area (Å²) in [5, 5.41) is 19.8. The monoisotopic (exact) mass is 379 g/mol. The number of thioether (sulfide) groups is 1. The molecule has 0 bridgehead atoms. The fourth-order valence-electron chi connectivity index (χ4n) is 3.13. The van der Waals surface area contributed by atoms with Crippen LogP contribution in [0.1, 0.15) is 26.2 Å². The third-order valence-electron chi connectivity index (χ3n) is 4.40. The van der Waals surface area contributed by atoms with Crippen molar-refractivity contribution in [2.24, 2.45) is 0 Å². The Hall–Kier alpha value is -2.40. The number of allylic oxidation sites excluding steroid dienone is 7. The molecule has 3 nitrogen and oxygen atoms in total. The molecule has 0 atom stereocenters. The molecule has 1 aromatic carbocycles. The molecule has 0 fully saturated rings. The van der Waals surface area contributed by atoms with Crippen molar-refractivity contribution in [2.75, 3.05) is 11.4 Å². The summed E-state index contributed by atoms with van der Waals surface area (Å²) in [6.45, 7) is 3.05. The van der Waals surface area contributed by atoms with Gasteiger partial charge >= 0.3 is 0 Å². The summed E-state index contributed by atoms with van der Waals surface area (Å²) in [6.07, 6.45) is 8.46. The van der Waals surface area contributed by atoms with Crippen molar-refractivity contribution >= 4 is 29.1 Å². The number of benzene rings is 1. The van der Waals surface area contributed by atoms with E-state index in [2.05, 4.69) is 48.2 Å². The molecule has 1 aliphatic carbocycles. The van der Waals surface area contributed by atoms with Crippen LogP contribution in [0.15, 0.2) is 74.2 Å². The van der Waals surface area contributed by atoms with E-state index in [9.17, 15) is 0 Å². The number of nitrogens with zero attached hydrogens (tertiary/aromatic N) is 3. The van der Waals surface area contributed by atoms with E-state index in [-0.39, 0.29) is 5.57 Å². The summed E-state index contributed by atoms with van der Waals surface area (Å²) in [7, 11) is 0. The van der Waals surface area contributed by atoms with Gasteiger partial charge in [-0.2, -0.15) is 10.5 Å². The standard InChI is InChI=1S/C21H18ClN3S/c1-2-25-18-8-3-4-9-19(18)26-20(25)11-10-16-6-5-7-17(21(16)22)12-15(13-23)14-24/h3-4,8-12H,2,5-7H2,1H3/b16-10-,20-11-. The minimum Gasteiger partial charge on any atom is -0.335 e. The van der Waals surface area contributed by atoms with Gasteiger partial charge in [0.1, 0.15) is 17.7 Å². The first-order chi connectivity index (χ1) is 12.7. The first-order valence-corrected chi connectivity index (χ1v) is 9.73. The predicted molar refractivity (Wildman–Crippen MR) is 108 cm³/mol. The molecular formula is C21H18ClN3S. The van der Waals surface area contributed by atoms with Crippen molar-refractivity contribution in [3.05, 3.63) is 69.3 Å². The lowest BCUT2D eigenvalue weighted by atomic mass is 9.93. The summed E-state index contributed by atoms with van der Waals surface area (Å²) < 4.78 is 0. The van der Waals surface area contributed by atoms with E-state index >= 15 is 0 Å². The molecule has 3 rings (SSSR count). The first-order valence-electron chi connectivity index (χ1n) is 8.54. The predicted octanol–water partition coefficient (Wildman–Crippen LogP) is 6.04. The van der Waals surface area contributed by atoms with Crippen molar-refractivity contribution in [3.8, 4) is 12.1 Å². The van der Waals surface area contributed by atoms with Crippen LogP contribution in [-0.2, 0) is 0 Å². The summed E-state index contributed by atoms with van der Waals surface area (Å²) in [5.41, 5.74) is 3.26. The van der Waals surface area contributed by atoms with Crippen LogP contribution in [0.4, 0.5) is 5.69 Å². The van der Waals surface area contributed by atoms with Gasteiger partial charge in [-0.05, 0) is 61.6 Å². The van der Waals surface area contributed by atoms with Gasteiger partial charge in [0.15, 0.2) is 0 Å². The number of nitriles is 2. The van der Waals surface area contributed by atoms with E-state index in [0.29, 0.717) is 5.03 Å². The van der Waals surface area contributed by atoms with E-state index in [0.717, 1.165) is 37.0 Å². The zero-order chi connectivity index (χ0) is 18.5. The van der Waals surface area contributed by atoms with Crippen LogP contribution in [0.2, 0.25) is 0 Å². The SMILES string of the molecule is CCN1/C(=C/C=C2/CCCC(C=C(C#N)C#N)=C2Cl)Sc2ccccc21. The Bertz CT molecular complexity index is 909. The first kappa shape index (κ1) is 18.4. The van der Waals surface area contributed by atoms with Gasteiger partial charge in [-0.1, -0.05) is 41.6 Å². The number of hydrogen-bond donors (Lipinski definition) is 0. The largest absolute Gasteiger partial charge is 0.335 e. The molecule has 1 heterocycles. The maximum Gasteiger partial charge on any atom is 0.129 e. The maximum atomic E-state index is 8.96. The number of halogens is 1. The second-order valence-corrected chi connectivity index (χ2v) is 7.43. The van der Waals surface area contributed by atoms with E-state index in [1.807, 2.05) is 12.1 Å². The zero-order valence-electron chi connectivity index (χ0n) is 14.5. The molecule has 1 aromatic rings. The average Bonchev–Trinajstić information content (AvgIpc) is 3.03. The lowest BCUT2D eigenvalue weighted by Crippen LogP contribution is -2.16. The van der Waals surface area contributed by atoms with Crippen LogP contribution in [0.3, 0.4) is 0 Å². The van der Waals surface area contributed by atoms with E-state index in [4.69, 9.17) is 22.1 Å². The van der Waals surface area contributed by atoms with Gasteiger partial charge in [0, 0.05) is 16.5 Å². The number of hydrogen-bond acceptors (Lipinski definition) is 4. The molecule has 0 unspecified atom stereocenters. The van der Waals surface area contributed by atoms with Crippen LogP contribution in [-0.4, -0.2) is 6.54 Å². The highest BCUT2D eigenvalue weighted by Crippen LogP contribution is 2.45. The van der Waals surface area contributed by atoms with Gasteiger partial charge in [-0.25, -0.2) is 0 Å². The second kappa shape index (κ2) is 8.32. The molecule has 1 aliphatic heterocycles. The molecule has 0 N–H and O–H groups in total. The summed E-state index contributed by atoms with van der Waals surface area (Å²) in [4.78, 5) is 3.56. The van der Waals surface area contributed by atoms with Crippen molar-refractivity contribution in [1.29, 1.82) is 10.5 Å².